The lowest BCUT2D eigenvalue weighted by Gasteiger charge is -2.37. The molecule has 1 aromatic rings. The van der Waals surface area contributed by atoms with E-state index in [1.165, 1.54) is 0 Å². The lowest BCUT2D eigenvalue weighted by Crippen LogP contribution is -2.46. The van der Waals surface area contributed by atoms with Crippen molar-refractivity contribution in [2.75, 3.05) is 19.7 Å². The van der Waals surface area contributed by atoms with Crippen molar-refractivity contribution in [2.24, 2.45) is 11.7 Å². The Kier molecular flexibility index (Phi) is 6.72. The van der Waals surface area contributed by atoms with Crippen molar-refractivity contribution in [3.05, 3.63) is 34.9 Å². The predicted octanol–water partition coefficient (Wildman–Crippen LogP) is 3.18. The molecule has 1 heterocycles. The summed E-state index contributed by atoms with van der Waals surface area (Å²) < 4.78 is 5.83. The second-order valence-electron chi connectivity index (χ2n) is 6.32. The summed E-state index contributed by atoms with van der Waals surface area (Å²) in [5.41, 5.74) is 7.09. The monoisotopic (exact) mass is 358 g/mol. The molecule has 2 N–H and O–H groups in total. The first-order chi connectivity index (χ1) is 10.6. The van der Waals surface area contributed by atoms with Crippen LogP contribution in [0.5, 0.6) is 0 Å². The van der Waals surface area contributed by atoms with Crippen LogP contribution in [-0.4, -0.2) is 36.5 Å². The predicted molar refractivity (Wildman–Crippen MR) is 93.9 cm³/mol. The van der Waals surface area contributed by atoms with E-state index in [1.807, 2.05) is 29.2 Å². The van der Waals surface area contributed by atoms with Gasteiger partial charge in [0.15, 0.2) is 0 Å². The van der Waals surface area contributed by atoms with E-state index in [2.05, 4.69) is 0 Å². The van der Waals surface area contributed by atoms with Gasteiger partial charge >= 0.3 is 0 Å². The first-order valence-electron chi connectivity index (χ1n) is 8.05. The molecule has 6 heteroatoms. The largest absolute Gasteiger partial charge is 0.370 e. The summed E-state index contributed by atoms with van der Waals surface area (Å²) in [5.74, 6) is 0.338. The summed E-state index contributed by atoms with van der Waals surface area (Å²) in [5, 5.41) is 0.712. The van der Waals surface area contributed by atoms with Gasteiger partial charge in [0.1, 0.15) is 6.10 Å². The van der Waals surface area contributed by atoms with Crippen molar-refractivity contribution in [3.63, 3.8) is 0 Å². The first-order valence-corrected chi connectivity index (χ1v) is 8.42. The molecule has 0 bridgehead atoms. The summed E-state index contributed by atoms with van der Waals surface area (Å²) in [6.07, 6.45) is 3.83. The molecular weight excluding hydrogens is 335 g/mol. The molecule has 1 saturated heterocycles. The fraction of sp³-hybridized carbons (Fsp3) is 0.588. The normalized spacial score (nSPS) is 28.1. The zero-order chi connectivity index (χ0) is 15.5. The topological polar surface area (TPSA) is 55.6 Å². The van der Waals surface area contributed by atoms with Crippen LogP contribution in [0.25, 0.3) is 0 Å². The molecular formula is C17H24Cl2N2O2. The second kappa shape index (κ2) is 8.34. The van der Waals surface area contributed by atoms with Gasteiger partial charge in [-0.15, -0.1) is 12.4 Å². The van der Waals surface area contributed by atoms with Gasteiger partial charge < -0.3 is 15.4 Å². The number of morpholine rings is 1. The lowest BCUT2D eigenvalue weighted by atomic mass is 9.85. The SMILES string of the molecule is Cl.NC1CCCC(C(=O)N2CCOC(c3ccc(Cl)cc3)C2)C1. The van der Waals surface area contributed by atoms with E-state index in [0.717, 1.165) is 31.2 Å². The molecule has 3 unspecified atom stereocenters. The van der Waals surface area contributed by atoms with Crippen molar-refractivity contribution < 1.29 is 9.53 Å². The number of ether oxygens (including phenoxy) is 1. The molecule has 128 valence electrons. The number of amides is 1. The van der Waals surface area contributed by atoms with E-state index in [9.17, 15) is 4.79 Å². The summed E-state index contributed by atoms with van der Waals surface area (Å²) in [7, 11) is 0. The maximum Gasteiger partial charge on any atom is 0.225 e. The van der Waals surface area contributed by atoms with Crippen LogP contribution in [-0.2, 0) is 9.53 Å². The molecule has 2 fully saturated rings. The van der Waals surface area contributed by atoms with Crippen LogP contribution < -0.4 is 5.73 Å². The summed E-state index contributed by atoms with van der Waals surface area (Å²) in [4.78, 5) is 14.7. The van der Waals surface area contributed by atoms with Crippen molar-refractivity contribution >= 4 is 29.9 Å². The van der Waals surface area contributed by atoms with Crippen LogP contribution in [0.3, 0.4) is 0 Å². The van der Waals surface area contributed by atoms with Crippen molar-refractivity contribution in [2.45, 2.75) is 37.8 Å². The summed E-state index contributed by atoms with van der Waals surface area (Å²) in [6, 6.07) is 7.84. The van der Waals surface area contributed by atoms with Crippen LogP contribution in [0.4, 0.5) is 0 Å². The zero-order valence-corrected chi connectivity index (χ0v) is 14.7. The number of nitrogens with zero attached hydrogens (tertiary/aromatic N) is 1. The maximum atomic E-state index is 12.7. The van der Waals surface area contributed by atoms with Crippen LogP contribution in [0.15, 0.2) is 24.3 Å². The third-order valence-electron chi connectivity index (χ3n) is 4.68. The van der Waals surface area contributed by atoms with Gasteiger partial charge in [0.25, 0.3) is 0 Å². The Hall–Kier alpha value is -0.810. The van der Waals surface area contributed by atoms with Crippen LogP contribution in [0, 0.1) is 5.92 Å². The zero-order valence-electron chi connectivity index (χ0n) is 13.1. The molecule has 4 nitrogen and oxygen atoms in total. The molecule has 23 heavy (non-hydrogen) atoms. The Balaban J connectivity index is 0.00000192. The smallest absolute Gasteiger partial charge is 0.225 e. The first kappa shape index (κ1) is 18.5. The van der Waals surface area contributed by atoms with Gasteiger partial charge in [0.2, 0.25) is 5.91 Å². The van der Waals surface area contributed by atoms with Crippen LogP contribution in [0.2, 0.25) is 5.02 Å². The van der Waals surface area contributed by atoms with Crippen molar-refractivity contribution in [1.82, 2.24) is 4.90 Å². The fourth-order valence-electron chi connectivity index (χ4n) is 3.44. The van der Waals surface area contributed by atoms with Crippen LogP contribution in [0.1, 0.15) is 37.4 Å². The number of carbonyl (C=O) groups excluding carboxylic acids is 1. The number of rotatable bonds is 2. The van der Waals surface area contributed by atoms with Gasteiger partial charge in [-0.05, 0) is 37.0 Å². The Morgan fingerprint density at radius 1 is 1.26 bits per heavy atom. The molecule has 0 spiro atoms. The minimum Gasteiger partial charge on any atom is -0.370 e. The van der Waals surface area contributed by atoms with E-state index in [1.54, 1.807) is 0 Å². The highest BCUT2D eigenvalue weighted by molar-refractivity contribution is 6.30. The van der Waals surface area contributed by atoms with E-state index in [0.29, 0.717) is 24.7 Å². The van der Waals surface area contributed by atoms with E-state index in [4.69, 9.17) is 22.1 Å². The summed E-state index contributed by atoms with van der Waals surface area (Å²) >= 11 is 5.93. The lowest BCUT2D eigenvalue weighted by molar-refractivity contribution is -0.144. The number of benzene rings is 1. The average molecular weight is 359 g/mol. The molecule has 1 amide bonds. The highest BCUT2D eigenvalue weighted by Crippen LogP contribution is 2.28. The van der Waals surface area contributed by atoms with Gasteiger partial charge in [-0.1, -0.05) is 30.2 Å². The minimum atomic E-state index is -0.0627. The minimum absolute atomic E-state index is 0. The highest BCUT2D eigenvalue weighted by atomic mass is 35.5. The van der Waals surface area contributed by atoms with Gasteiger partial charge in [0.05, 0.1) is 13.2 Å². The number of nitrogens with two attached hydrogens (primary N) is 1. The number of hydrogen-bond donors (Lipinski definition) is 1. The molecule has 1 saturated carbocycles. The Bertz CT molecular complexity index is 524. The fourth-order valence-corrected chi connectivity index (χ4v) is 3.56. The molecule has 3 rings (SSSR count). The Morgan fingerprint density at radius 3 is 2.70 bits per heavy atom. The van der Waals surface area contributed by atoms with Crippen molar-refractivity contribution in [3.8, 4) is 0 Å². The molecule has 1 aromatic carbocycles. The molecule has 3 atom stereocenters. The summed E-state index contributed by atoms with van der Waals surface area (Å²) in [6.45, 7) is 1.87. The second-order valence-corrected chi connectivity index (χ2v) is 6.76. The standard InChI is InChI=1S/C17H23ClN2O2.ClH/c18-14-6-4-12(5-7-14)16-11-20(8-9-22-16)17(21)13-2-1-3-15(19)10-13;/h4-7,13,15-16H,1-3,8-11,19H2;1H. The Morgan fingerprint density at radius 2 is 2.00 bits per heavy atom. The Labute approximate surface area is 148 Å². The number of carbonyl (C=O) groups is 1. The molecule has 1 aliphatic carbocycles. The molecule has 2 aliphatic rings. The quantitative estimate of drug-likeness (QED) is 0.883. The molecule has 0 aromatic heterocycles. The maximum absolute atomic E-state index is 12.7. The molecule has 0 radical (unpaired) electrons. The average Bonchev–Trinajstić information content (AvgIpc) is 2.55. The third kappa shape index (κ3) is 4.60. The van der Waals surface area contributed by atoms with E-state index in [-0.39, 0.29) is 36.4 Å². The number of hydrogen-bond acceptors (Lipinski definition) is 3. The van der Waals surface area contributed by atoms with Gasteiger partial charge in [-0.3, -0.25) is 4.79 Å². The van der Waals surface area contributed by atoms with Crippen molar-refractivity contribution in [1.29, 1.82) is 0 Å². The molecule has 1 aliphatic heterocycles. The van der Waals surface area contributed by atoms with Gasteiger partial charge in [0, 0.05) is 23.5 Å². The highest BCUT2D eigenvalue weighted by Gasteiger charge is 2.32. The van der Waals surface area contributed by atoms with E-state index >= 15 is 0 Å². The van der Waals surface area contributed by atoms with Gasteiger partial charge in [-0.2, -0.15) is 0 Å². The van der Waals surface area contributed by atoms with Gasteiger partial charge in [-0.25, -0.2) is 0 Å². The third-order valence-corrected chi connectivity index (χ3v) is 4.94. The number of halogens is 2. The van der Waals surface area contributed by atoms with Crippen LogP contribution >= 0.6 is 24.0 Å². The van der Waals surface area contributed by atoms with E-state index < -0.39 is 0 Å².